The summed E-state index contributed by atoms with van der Waals surface area (Å²) < 4.78 is 9.19. The number of aliphatic imine (C=N–C) groups is 2. The molecule has 4 nitrogen and oxygen atoms in total. The van der Waals surface area contributed by atoms with Gasteiger partial charge in [0.05, 0.1) is 0 Å². The number of benzene rings is 8. The normalized spacial score (nSPS) is 14.5. The molecule has 0 amide bonds. The van der Waals surface area contributed by atoms with Crippen molar-refractivity contribution in [1.82, 2.24) is 5.32 Å². The average molecular weight is 710 g/mol. The van der Waals surface area contributed by atoms with Crippen LogP contribution in [0.4, 0.5) is 0 Å². The van der Waals surface area contributed by atoms with E-state index in [1.165, 1.54) is 42.1 Å². The molecule has 1 aliphatic heterocycles. The minimum absolute atomic E-state index is 0.338. The molecule has 1 N–H and O–H groups in total. The smallest absolute Gasteiger partial charge is 0.159 e. The quantitative estimate of drug-likeness (QED) is 0.193. The van der Waals surface area contributed by atoms with E-state index in [0.717, 1.165) is 55.6 Å². The lowest BCUT2D eigenvalue weighted by Gasteiger charge is -2.24. The van der Waals surface area contributed by atoms with Gasteiger partial charge in [-0.1, -0.05) is 140 Å². The van der Waals surface area contributed by atoms with Crippen LogP contribution in [-0.4, -0.2) is 11.7 Å². The summed E-state index contributed by atoms with van der Waals surface area (Å²) in [7, 11) is 0. The third-order valence-corrected chi connectivity index (χ3v) is 11.7. The lowest BCUT2D eigenvalue weighted by atomic mass is 10.00. The average Bonchev–Trinajstić information content (AvgIpc) is 3.81. The zero-order valence-corrected chi connectivity index (χ0v) is 29.8. The van der Waals surface area contributed by atoms with Crippen LogP contribution in [0.2, 0.25) is 0 Å². The van der Waals surface area contributed by atoms with Crippen LogP contribution in [0.15, 0.2) is 190 Å². The van der Waals surface area contributed by atoms with E-state index in [0.29, 0.717) is 5.84 Å². The van der Waals surface area contributed by atoms with Gasteiger partial charge in [0.1, 0.15) is 23.2 Å². The molecule has 5 heteroatoms. The fraction of sp³-hybridized carbons (Fsp3) is 0.0204. The van der Waals surface area contributed by atoms with Gasteiger partial charge in [-0.05, 0) is 75.0 Å². The fourth-order valence-electron chi connectivity index (χ4n) is 7.81. The summed E-state index contributed by atoms with van der Waals surface area (Å²) in [6.45, 7) is 0. The third kappa shape index (κ3) is 5.20. The molecular weight excluding hydrogens is 679 g/mol. The van der Waals surface area contributed by atoms with E-state index < -0.39 is 0 Å². The number of nitrogens with one attached hydrogen (secondary N) is 1. The first-order valence-electron chi connectivity index (χ1n) is 18.2. The maximum Gasteiger partial charge on any atom is 0.159 e. The Morgan fingerprint density at radius 1 is 0.481 bits per heavy atom. The van der Waals surface area contributed by atoms with Crippen molar-refractivity contribution >= 4 is 75.9 Å². The maximum atomic E-state index is 6.60. The van der Waals surface area contributed by atoms with Crippen molar-refractivity contribution < 1.29 is 4.42 Å². The van der Waals surface area contributed by atoms with E-state index in [4.69, 9.17) is 14.4 Å². The van der Waals surface area contributed by atoms with Gasteiger partial charge in [0.15, 0.2) is 5.84 Å². The summed E-state index contributed by atoms with van der Waals surface area (Å²) in [5.74, 6) is 1.45. The van der Waals surface area contributed by atoms with E-state index in [9.17, 15) is 0 Å². The van der Waals surface area contributed by atoms with Gasteiger partial charge in [0.2, 0.25) is 0 Å². The molecule has 0 spiro atoms. The minimum atomic E-state index is -0.338. The standard InChI is InChI=1S/C49H31N3OS/c1-2-9-30(10-3-1)32-17-20-33(21-18-32)47-50-48(37-22-19-31-11-4-5-12-34(31)27-37)52-49(51-47)41-14-8-15-42-46(41)40-26-24-35(28-43(40)53-42)36-23-25-39-38-13-6-7-16-44(38)54-45(39)29-36/h1-29,48H,(H,50,51,52). The Morgan fingerprint density at radius 2 is 1.19 bits per heavy atom. The van der Waals surface area contributed by atoms with Crippen molar-refractivity contribution in [2.24, 2.45) is 9.98 Å². The molecule has 11 rings (SSSR count). The maximum absolute atomic E-state index is 6.60. The molecule has 0 saturated heterocycles. The Hall–Kier alpha value is -6.82. The Balaban J connectivity index is 1.02. The molecular formula is C49H31N3OS. The van der Waals surface area contributed by atoms with E-state index >= 15 is 0 Å². The van der Waals surface area contributed by atoms with Crippen LogP contribution in [-0.2, 0) is 0 Å². The third-order valence-electron chi connectivity index (χ3n) is 10.5. The topological polar surface area (TPSA) is 49.9 Å². The highest BCUT2D eigenvalue weighted by Gasteiger charge is 2.24. The molecule has 0 aliphatic carbocycles. The Kier molecular flexibility index (Phi) is 7.07. The Morgan fingerprint density at radius 3 is 2.07 bits per heavy atom. The van der Waals surface area contributed by atoms with Crippen LogP contribution in [0.5, 0.6) is 0 Å². The number of rotatable bonds is 5. The second-order valence-corrected chi connectivity index (χ2v) is 14.9. The molecule has 3 heterocycles. The number of fused-ring (bicyclic) bond motifs is 7. The fourth-order valence-corrected chi connectivity index (χ4v) is 8.96. The number of furan rings is 1. The van der Waals surface area contributed by atoms with Crippen molar-refractivity contribution in [2.75, 3.05) is 0 Å². The highest BCUT2D eigenvalue weighted by Crippen LogP contribution is 2.39. The minimum Gasteiger partial charge on any atom is -0.456 e. The zero-order chi connectivity index (χ0) is 35.6. The van der Waals surface area contributed by atoms with Gasteiger partial charge in [-0.15, -0.1) is 11.3 Å². The molecule has 8 aromatic carbocycles. The van der Waals surface area contributed by atoms with Crippen molar-refractivity contribution in [3.63, 3.8) is 0 Å². The molecule has 1 unspecified atom stereocenters. The summed E-state index contributed by atoms with van der Waals surface area (Å²) in [4.78, 5) is 10.4. The molecule has 0 fully saturated rings. The Bertz CT molecular complexity index is 3140. The SMILES string of the molecule is c1ccc(-c2ccc(C3=NC(c4ccc5ccccc5c4)NC(c4cccc5oc6cc(-c7ccc8c(c7)sc7ccccc78)ccc6c45)=N3)cc2)cc1. The molecule has 10 aromatic rings. The first-order valence-corrected chi connectivity index (χ1v) is 19.0. The number of nitrogens with zero attached hydrogens (tertiary/aromatic N) is 2. The van der Waals surface area contributed by atoms with Crippen LogP contribution >= 0.6 is 11.3 Å². The first-order chi connectivity index (χ1) is 26.7. The van der Waals surface area contributed by atoms with Crippen LogP contribution in [0, 0.1) is 0 Å². The van der Waals surface area contributed by atoms with Crippen LogP contribution in [0.3, 0.4) is 0 Å². The molecule has 54 heavy (non-hydrogen) atoms. The number of amidine groups is 2. The van der Waals surface area contributed by atoms with Crippen molar-refractivity contribution in [3.8, 4) is 22.3 Å². The molecule has 1 aliphatic rings. The second kappa shape index (κ2) is 12.4. The monoisotopic (exact) mass is 709 g/mol. The van der Waals surface area contributed by atoms with Gasteiger partial charge in [0, 0.05) is 42.1 Å². The second-order valence-electron chi connectivity index (χ2n) is 13.8. The van der Waals surface area contributed by atoms with Crippen molar-refractivity contribution in [3.05, 3.63) is 193 Å². The van der Waals surface area contributed by atoms with Crippen LogP contribution < -0.4 is 5.32 Å². The Labute approximate surface area is 315 Å². The van der Waals surface area contributed by atoms with Gasteiger partial charge in [-0.3, -0.25) is 0 Å². The van der Waals surface area contributed by atoms with E-state index in [-0.39, 0.29) is 6.17 Å². The molecule has 2 aromatic heterocycles. The molecule has 0 radical (unpaired) electrons. The predicted molar refractivity (Wildman–Crippen MR) is 227 cm³/mol. The lowest BCUT2D eigenvalue weighted by Crippen LogP contribution is -2.33. The van der Waals surface area contributed by atoms with Crippen LogP contribution in [0.1, 0.15) is 22.9 Å². The summed E-state index contributed by atoms with van der Waals surface area (Å²) in [5, 5.41) is 10.8. The van der Waals surface area contributed by atoms with Crippen molar-refractivity contribution in [2.45, 2.75) is 6.17 Å². The molecule has 254 valence electrons. The van der Waals surface area contributed by atoms with Crippen molar-refractivity contribution in [1.29, 1.82) is 0 Å². The predicted octanol–water partition coefficient (Wildman–Crippen LogP) is 12.9. The highest BCUT2D eigenvalue weighted by molar-refractivity contribution is 7.25. The summed E-state index contributed by atoms with van der Waals surface area (Å²) in [5.41, 5.74) is 9.31. The van der Waals surface area contributed by atoms with Gasteiger partial charge < -0.3 is 9.73 Å². The van der Waals surface area contributed by atoms with Gasteiger partial charge in [-0.2, -0.15) is 0 Å². The number of thiophene rings is 1. The van der Waals surface area contributed by atoms with E-state index in [1.807, 2.05) is 29.5 Å². The summed E-state index contributed by atoms with van der Waals surface area (Å²) >= 11 is 1.84. The summed E-state index contributed by atoms with van der Waals surface area (Å²) in [6, 6.07) is 62.2. The number of hydrogen-bond donors (Lipinski definition) is 1. The molecule has 0 bridgehead atoms. The largest absolute Gasteiger partial charge is 0.456 e. The lowest BCUT2D eigenvalue weighted by molar-refractivity contribution is 0.668. The summed E-state index contributed by atoms with van der Waals surface area (Å²) in [6.07, 6.45) is -0.338. The van der Waals surface area contributed by atoms with Gasteiger partial charge in [0.25, 0.3) is 0 Å². The van der Waals surface area contributed by atoms with Gasteiger partial charge in [-0.25, -0.2) is 9.98 Å². The first kappa shape index (κ1) is 30.8. The van der Waals surface area contributed by atoms with Crippen LogP contribution in [0.25, 0.3) is 75.1 Å². The van der Waals surface area contributed by atoms with E-state index in [1.54, 1.807) is 0 Å². The van der Waals surface area contributed by atoms with Gasteiger partial charge >= 0.3 is 0 Å². The zero-order valence-electron chi connectivity index (χ0n) is 29.0. The van der Waals surface area contributed by atoms with E-state index in [2.05, 4.69) is 163 Å². The number of hydrogen-bond acceptors (Lipinski definition) is 5. The molecule has 1 atom stereocenters. The molecule has 0 saturated carbocycles. The highest BCUT2D eigenvalue weighted by atomic mass is 32.1.